The Balaban J connectivity index is 1.91. The van der Waals surface area contributed by atoms with Gasteiger partial charge in [0.2, 0.25) is 10.0 Å². The molecule has 2 aliphatic heterocycles. The molecule has 2 saturated heterocycles. The number of anilines is 1. The maximum absolute atomic E-state index is 13.7. The van der Waals surface area contributed by atoms with E-state index in [0.29, 0.717) is 19.5 Å². The van der Waals surface area contributed by atoms with E-state index in [2.05, 4.69) is 22.1 Å². The molecule has 6 nitrogen and oxygen atoms in total. The number of hydrogen-bond donors (Lipinski definition) is 2. The standard InChI is InChI=1S/C14H17FN4O2S/c15-13-7-17-8-14(16)12(13)4-3-11-6-18-10-2-1-5-22(20,21)19(11)9-10/h7-8,10-11,18H,1-2,5-6,9,16H2. The number of hydrogen-bond acceptors (Lipinski definition) is 5. The van der Waals surface area contributed by atoms with Crippen LogP contribution in [-0.4, -0.2) is 48.6 Å². The number of nitrogen functional groups attached to an aromatic ring is 1. The van der Waals surface area contributed by atoms with Crippen LogP contribution in [0.15, 0.2) is 12.4 Å². The van der Waals surface area contributed by atoms with Gasteiger partial charge in [-0.15, -0.1) is 0 Å². The first kappa shape index (κ1) is 15.2. The summed E-state index contributed by atoms with van der Waals surface area (Å²) in [6, 6.07) is -0.343. The molecule has 2 fully saturated rings. The summed E-state index contributed by atoms with van der Waals surface area (Å²) in [5, 5.41) is 3.30. The van der Waals surface area contributed by atoms with Crippen molar-refractivity contribution in [2.75, 3.05) is 24.6 Å². The van der Waals surface area contributed by atoms with E-state index in [0.717, 1.165) is 12.6 Å². The molecule has 1 aromatic heterocycles. The van der Waals surface area contributed by atoms with Gasteiger partial charge in [-0.2, -0.15) is 4.31 Å². The molecule has 2 bridgehead atoms. The Kier molecular flexibility index (Phi) is 4.04. The SMILES string of the molecule is Nc1cncc(F)c1C#CC1CNC2CCCS(=O)(=O)N1C2. The summed E-state index contributed by atoms with van der Waals surface area (Å²) in [5.74, 6) is 5.05. The predicted octanol–water partition coefficient (Wildman–Crippen LogP) is -0.0796. The summed E-state index contributed by atoms with van der Waals surface area (Å²) in [5.41, 5.74) is 5.87. The second-order valence-electron chi connectivity index (χ2n) is 5.50. The van der Waals surface area contributed by atoms with Gasteiger partial charge in [0.15, 0.2) is 5.82 Å². The lowest BCUT2D eigenvalue weighted by Crippen LogP contribution is -2.56. The zero-order valence-corrected chi connectivity index (χ0v) is 12.7. The molecular weight excluding hydrogens is 307 g/mol. The second kappa shape index (κ2) is 5.83. The van der Waals surface area contributed by atoms with Gasteiger partial charge < -0.3 is 11.1 Å². The van der Waals surface area contributed by atoms with Crippen LogP contribution in [-0.2, 0) is 10.0 Å². The highest BCUT2D eigenvalue weighted by Crippen LogP contribution is 2.21. The number of nitrogens with two attached hydrogens (primary N) is 1. The van der Waals surface area contributed by atoms with Crippen molar-refractivity contribution in [3.05, 3.63) is 23.8 Å². The van der Waals surface area contributed by atoms with E-state index in [4.69, 9.17) is 5.73 Å². The predicted molar refractivity (Wildman–Crippen MR) is 80.8 cm³/mol. The van der Waals surface area contributed by atoms with Crippen LogP contribution in [0.1, 0.15) is 18.4 Å². The van der Waals surface area contributed by atoms with E-state index >= 15 is 0 Å². The Bertz CT molecular complexity index is 721. The molecule has 0 spiro atoms. The third-order valence-electron chi connectivity index (χ3n) is 3.95. The normalized spacial score (nSPS) is 30.0. The fourth-order valence-electron chi connectivity index (χ4n) is 2.78. The third kappa shape index (κ3) is 2.92. The highest BCUT2D eigenvalue weighted by Gasteiger charge is 2.37. The van der Waals surface area contributed by atoms with Crippen LogP contribution in [0.4, 0.5) is 10.1 Å². The van der Waals surface area contributed by atoms with Crippen LogP contribution in [0.25, 0.3) is 0 Å². The molecule has 0 aliphatic carbocycles. The molecule has 3 N–H and O–H groups in total. The van der Waals surface area contributed by atoms with Crippen molar-refractivity contribution in [2.45, 2.75) is 24.9 Å². The van der Waals surface area contributed by atoms with Crippen molar-refractivity contribution in [3.63, 3.8) is 0 Å². The van der Waals surface area contributed by atoms with Crippen molar-refractivity contribution in [2.24, 2.45) is 0 Å². The molecular formula is C14H17FN4O2S. The summed E-state index contributed by atoms with van der Waals surface area (Å²) in [7, 11) is -3.31. The number of nitrogens with one attached hydrogen (secondary N) is 1. The molecule has 0 amide bonds. The van der Waals surface area contributed by atoms with Gasteiger partial charge in [-0.1, -0.05) is 11.8 Å². The van der Waals surface area contributed by atoms with Crippen molar-refractivity contribution in [1.82, 2.24) is 14.6 Å². The topological polar surface area (TPSA) is 88.3 Å². The summed E-state index contributed by atoms with van der Waals surface area (Å²) in [4.78, 5) is 3.64. The Hall–Kier alpha value is -1.69. The summed E-state index contributed by atoms with van der Waals surface area (Å²) >= 11 is 0. The van der Waals surface area contributed by atoms with Crippen molar-refractivity contribution < 1.29 is 12.8 Å². The Labute approximate surface area is 128 Å². The molecule has 3 unspecified atom stereocenters. The van der Waals surface area contributed by atoms with Gasteiger partial charge in [0.1, 0.15) is 0 Å². The van der Waals surface area contributed by atoms with E-state index in [1.54, 1.807) is 0 Å². The molecule has 118 valence electrons. The minimum Gasteiger partial charge on any atom is -0.396 e. The summed E-state index contributed by atoms with van der Waals surface area (Å²) in [6.07, 6.45) is 3.84. The lowest BCUT2D eigenvalue weighted by molar-refractivity contribution is 0.262. The maximum Gasteiger partial charge on any atom is 0.215 e. The minimum absolute atomic E-state index is 0.0596. The largest absolute Gasteiger partial charge is 0.396 e. The molecule has 0 aromatic carbocycles. The van der Waals surface area contributed by atoms with Gasteiger partial charge in [-0.3, -0.25) is 4.98 Å². The molecule has 0 radical (unpaired) electrons. The van der Waals surface area contributed by atoms with Gasteiger partial charge in [0.25, 0.3) is 0 Å². The number of halogens is 1. The van der Waals surface area contributed by atoms with Crippen LogP contribution in [0.5, 0.6) is 0 Å². The Morgan fingerprint density at radius 3 is 3.05 bits per heavy atom. The smallest absolute Gasteiger partial charge is 0.215 e. The summed E-state index contributed by atoms with van der Waals surface area (Å²) < 4.78 is 39.7. The van der Waals surface area contributed by atoms with E-state index in [9.17, 15) is 12.8 Å². The molecule has 3 atom stereocenters. The Morgan fingerprint density at radius 1 is 1.45 bits per heavy atom. The average molecular weight is 324 g/mol. The van der Waals surface area contributed by atoms with Gasteiger partial charge in [0.05, 0.1) is 35.4 Å². The highest BCUT2D eigenvalue weighted by molar-refractivity contribution is 7.89. The second-order valence-corrected chi connectivity index (χ2v) is 7.54. The first-order valence-corrected chi connectivity index (χ1v) is 8.72. The number of pyridine rings is 1. The van der Waals surface area contributed by atoms with Crippen LogP contribution in [0.3, 0.4) is 0 Å². The van der Waals surface area contributed by atoms with Gasteiger partial charge >= 0.3 is 0 Å². The zero-order valence-electron chi connectivity index (χ0n) is 11.9. The van der Waals surface area contributed by atoms with Gasteiger partial charge in [-0.05, 0) is 12.8 Å². The lowest BCUT2D eigenvalue weighted by Gasteiger charge is -2.34. The van der Waals surface area contributed by atoms with Crippen LogP contribution in [0.2, 0.25) is 0 Å². The molecule has 3 heterocycles. The highest BCUT2D eigenvalue weighted by atomic mass is 32.2. The zero-order chi connectivity index (χ0) is 15.7. The first-order chi connectivity index (χ1) is 10.5. The fraction of sp³-hybridized carbons (Fsp3) is 0.500. The first-order valence-electron chi connectivity index (χ1n) is 7.11. The fourth-order valence-corrected chi connectivity index (χ4v) is 4.47. The number of aromatic nitrogens is 1. The molecule has 1 aromatic rings. The van der Waals surface area contributed by atoms with E-state index in [-0.39, 0.29) is 23.0 Å². The molecule has 22 heavy (non-hydrogen) atoms. The van der Waals surface area contributed by atoms with Crippen molar-refractivity contribution in [1.29, 1.82) is 0 Å². The minimum atomic E-state index is -3.31. The molecule has 8 heteroatoms. The maximum atomic E-state index is 13.7. The van der Waals surface area contributed by atoms with E-state index in [1.807, 2.05) is 0 Å². The third-order valence-corrected chi connectivity index (χ3v) is 5.88. The molecule has 2 aliphatic rings. The van der Waals surface area contributed by atoms with Crippen molar-refractivity contribution in [3.8, 4) is 11.8 Å². The van der Waals surface area contributed by atoms with Crippen LogP contribution < -0.4 is 11.1 Å². The van der Waals surface area contributed by atoms with Gasteiger partial charge in [-0.25, -0.2) is 12.8 Å². The van der Waals surface area contributed by atoms with E-state index < -0.39 is 21.9 Å². The van der Waals surface area contributed by atoms with Crippen LogP contribution >= 0.6 is 0 Å². The summed E-state index contributed by atoms with van der Waals surface area (Å²) in [6.45, 7) is 0.847. The average Bonchev–Trinajstić information content (AvgIpc) is 2.58. The quantitative estimate of drug-likeness (QED) is 0.652. The van der Waals surface area contributed by atoms with Crippen LogP contribution in [0, 0.1) is 17.7 Å². The number of rotatable bonds is 0. The number of sulfonamides is 1. The number of nitrogens with zero attached hydrogens (tertiary/aromatic N) is 2. The number of piperazine rings is 1. The monoisotopic (exact) mass is 324 g/mol. The Morgan fingerprint density at radius 2 is 2.27 bits per heavy atom. The van der Waals surface area contributed by atoms with Crippen molar-refractivity contribution >= 4 is 15.7 Å². The van der Waals surface area contributed by atoms with E-state index in [1.165, 1.54) is 10.5 Å². The molecule has 0 saturated carbocycles. The van der Waals surface area contributed by atoms with Gasteiger partial charge in [0, 0.05) is 19.1 Å². The molecule has 3 rings (SSSR count). The lowest BCUT2D eigenvalue weighted by atomic mass is 10.1. The number of fused-ring (bicyclic) bond motifs is 2.